The molecule has 0 radical (unpaired) electrons. The van der Waals surface area contributed by atoms with E-state index in [-0.39, 0.29) is 0 Å². The molecule has 2 aromatic heterocycles. The fourth-order valence-electron chi connectivity index (χ4n) is 1.86. The smallest absolute Gasteiger partial charge is 0.156 e. The summed E-state index contributed by atoms with van der Waals surface area (Å²) in [6.07, 6.45) is 0. The van der Waals surface area contributed by atoms with Gasteiger partial charge in [0.15, 0.2) is 5.15 Å². The summed E-state index contributed by atoms with van der Waals surface area (Å²) in [5.41, 5.74) is 3.75. The number of nitrogens with one attached hydrogen (secondary N) is 1. The largest absolute Gasteiger partial charge is 0.351 e. The van der Waals surface area contributed by atoms with Gasteiger partial charge in [0, 0.05) is 5.69 Å². The second kappa shape index (κ2) is 3.86. The van der Waals surface area contributed by atoms with E-state index in [1.165, 1.54) is 0 Å². The van der Waals surface area contributed by atoms with Crippen LogP contribution in [0.3, 0.4) is 0 Å². The number of H-pyrrole nitrogens is 1. The molecule has 0 saturated heterocycles. The molecule has 0 unspecified atom stereocenters. The van der Waals surface area contributed by atoms with Crippen LogP contribution >= 0.6 is 11.6 Å². The molecule has 2 heterocycles. The standard InChI is InChI=1S/C13H10ClN3/c1-8-15-11-7-10(9-5-3-2-4-6-9)17-12(11)13(14)16-8/h2-7,17H,1H3. The minimum absolute atomic E-state index is 0.467. The summed E-state index contributed by atoms with van der Waals surface area (Å²) in [5, 5.41) is 0.467. The molecule has 0 saturated carbocycles. The van der Waals surface area contributed by atoms with Crippen molar-refractivity contribution in [3.8, 4) is 11.3 Å². The summed E-state index contributed by atoms with van der Waals surface area (Å²) < 4.78 is 0. The van der Waals surface area contributed by atoms with Gasteiger partial charge < -0.3 is 4.98 Å². The molecule has 3 aromatic rings. The molecule has 0 amide bonds. The molecule has 3 nitrogen and oxygen atoms in total. The van der Waals surface area contributed by atoms with E-state index in [4.69, 9.17) is 11.6 Å². The number of aryl methyl sites for hydroxylation is 1. The third-order valence-corrected chi connectivity index (χ3v) is 2.90. The summed E-state index contributed by atoms with van der Waals surface area (Å²) in [6, 6.07) is 12.1. The van der Waals surface area contributed by atoms with Crippen LogP contribution in [0.1, 0.15) is 5.82 Å². The van der Waals surface area contributed by atoms with Crippen molar-refractivity contribution in [3.63, 3.8) is 0 Å². The number of fused-ring (bicyclic) bond motifs is 1. The van der Waals surface area contributed by atoms with Crippen molar-refractivity contribution >= 4 is 22.6 Å². The third kappa shape index (κ3) is 1.78. The quantitative estimate of drug-likeness (QED) is 0.664. The molecule has 1 aromatic carbocycles. The molecule has 0 bridgehead atoms. The SMILES string of the molecule is Cc1nc(Cl)c2[nH]c(-c3ccccc3)cc2n1. The van der Waals surface area contributed by atoms with Crippen molar-refractivity contribution in [1.29, 1.82) is 0 Å². The van der Waals surface area contributed by atoms with Gasteiger partial charge in [-0.1, -0.05) is 41.9 Å². The first kappa shape index (κ1) is 10.3. The molecule has 17 heavy (non-hydrogen) atoms. The van der Waals surface area contributed by atoms with Gasteiger partial charge >= 0.3 is 0 Å². The first-order valence-electron chi connectivity index (χ1n) is 5.32. The van der Waals surface area contributed by atoms with Gasteiger partial charge in [-0.05, 0) is 18.6 Å². The average Bonchev–Trinajstić information content (AvgIpc) is 2.74. The Morgan fingerprint density at radius 1 is 1.12 bits per heavy atom. The topological polar surface area (TPSA) is 41.6 Å². The Balaban J connectivity index is 2.24. The molecular weight excluding hydrogens is 234 g/mol. The van der Waals surface area contributed by atoms with Crippen LogP contribution in [0.5, 0.6) is 0 Å². The van der Waals surface area contributed by atoms with Crippen molar-refractivity contribution in [3.05, 3.63) is 47.4 Å². The van der Waals surface area contributed by atoms with Gasteiger partial charge in [-0.3, -0.25) is 0 Å². The lowest BCUT2D eigenvalue weighted by atomic mass is 10.2. The molecule has 1 N–H and O–H groups in total. The highest BCUT2D eigenvalue weighted by Crippen LogP contribution is 2.26. The number of benzene rings is 1. The minimum Gasteiger partial charge on any atom is -0.351 e. The molecular formula is C13H10ClN3. The number of rotatable bonds is 1. The molecule has 84 valence electrons. The summed E-state index contributed by atoms with van der Waals surface area (Å²) in [6.45, 7) is 1.83. The van der Waals surface area contributed by atoms with E-state index in [2.05, 4.69) is 15.0 Å². The highest BCUT2D eigenvalue weighted by molar-refractivity contribution is 6.33. The number of halogens is 1. The normalized spacial score (nSPS) is 10.9. The van der Waals surface area contributed by atoms with Crippen molar-refractivity contribution in [2.45, 2.75) is 6.92 Å². The second-order valence-electron chi connectivity index (χ2n) is 3.87. The molecule has 0 fully saturated rings. The molecule has 0 aliphatic rings. The predicted molar refractivity (Wildman–Crippen MR) is 69.1 cm³/mol. The van der Waals surface area contributed by atoms with Crippen LogP contribution in [0.4, 0.5) is 0 Å². The van der Waals surface area contributed by atoms with Crippen LogP contribution in [0.2, 0.25) is 5.15 Å². The minimum atomic E-state index is 0.467. The number of hydrogen-bond donors (Lipinski definition) is 1. The van der Waals surface area contributed by atoms with Gasteiger partial charge in [0.05, 0.1) is 5.52 Å². The van der Waals surface area contributed by atoms with Crippen molar-refractivity contribution < 1.29 is 0 Å². The first-order chi connectivity index (χ1) is 8.24. The van der Waals surface area contributed by atoms with Crippen LogP contribution in [0.15, 0.2) is 36.4 Å². The maximum atomic E-state index is 6.08. The lowest BCUT2D eigenvalue weighted by Crippen LogP contribution is -1.87. The Morgan fingerprint density at radius 3 is 2.65 bits per heavy atom. The molecule has 3 rings (SSSR count). The Labute approximate surface area is 103 Å². The second-order valence-corrected chi connectivity index (χ2v) is 4.23. The first-order valence-corrected chi connectivity index (χ1v) is 5.70. The lowest BCUT2D eigenvalue weighted by Gasteiger charge is -1.95. The fourth-order valence-corrected chi connectivity index (χ4v) is 2.13. The lowest BCUT2D eigenvalue weighted by molar-refractivity contribution is 1.09. The van der Waals surface area contributed by atoms with Gasteiger partial charge in [0.25, 0.3) is 0 Å². The zero-order valence-corrected chi connectivity index (χ0v) is 9.99. The maximum absolute atomic E-state index is 6.08. The highest BCUT2D eigenvalue weighted by Gasteiger charge is 2.08. The molecule has 0 aliphatic heterocycles. The van der Waals surface area contributed by atoms with Crippen LogP contribution in [-0.4, -0.2) is 15.0 Å². The number of aromatic amines is 1. The van der Waals surface area contributed by atoms with E-state index in [1.807, 2.05) is 43.3 Å². The fraction of sp³-hybridized carbons (Fsp3) is 0.0769. The summed E-state index contributed by atoms with van der Waals surface area (Å²) >= 11 is 6.08. The van der Waals surface area contributed by atoms with Crippen molar-refractivity contribution in [2.24, 2.45) is 0 Å². The molecule has 0 aliphatic carbocycles. The number of aromatic nitrogens is 3. The van der Waals surface area contributed by atoms with Gasteiger partial charge in [-0.15, -0.1) is 0 Å². The van der Waals surface area contributed by atoms with Crippen LogP contribution in [0, 0.1) is 6.92 Å². The zero-order valence-electron chi connectivity index (χ0n) is 9.24. The van der Waals surface area contributed by atoms with E-state index in [9.17, 15) is 0 Å². The highest BCUT2D eigenvalue weighted by atomic mass is 35.5. The third-order valence-electron chi connectivity index (χ3n) is 2.63. The summed E-state index contributed by atoms with van der Waals surface area (Å²) in [4.78, 5) is 11.7. The predicted octanol–water partition coefficient (Wildman–Crippen LogP) is 3.59. The van der Waals surface area contributed by atoms with E-state index < -0.39 is 0 Å². The van der Waals surface area contributed by atoms with Crippen molar-refractivity contribution in [1.82, 2.24) is 15.0 Å². The number of nitrogens with zero attached hydrogens (tertiary/aromatic N) is 2. The monoisotopic (exact) mass is 243 g/mol. The van der Waals surface area contributed by atoms with Crippen LogP contribution in [0.25, 0.3) is 22.3 Å². The summed E-state index contributed by atoms with van der Waals surface area (Å²) in [7, 11) is 0. The van der Waals surface area contributed by atoms with E-state index in [0.717, 1.165) is 22.3 Å². The Morgan fingerprint density at radius 2 is 1.88 bits per heavy atom. The Hall–Kier alpha value is -1.87. The molecule has 0 spiro atoms. The van der Waals surface area contributed by atoms with Gasteiger partial charge in [-0.25, -0.2) is 9.97 Å². The maximum Gasteiger partial charge on any atom is 0.156 e. The molecule has 4 heteroatoms. The van der Waals surface area contributed by atoms with Gasteiger partial charge in [-0.2, -0.15) is 0 Å². The van der Waals surface area contributed by atoms with Crippen LogP contribution < -0.4 is 0 Å². The molecule has 0 atom stereocenters. The van der Waals surface area contributed by atoms with Crippen molar-refractivity contribution in [2.75, 3.05) is 0 Å². The van der Waals surface area contributed by atoms with E-state index in [1.54, 1.807) is 0 Å². The number of hydrogen-bond acceptors (Lipinski definition) is 2. The zero-order chi connectivity index (χ0) is 11.8. The summed E-state index contributed by atoms with van der Waals surface area (Å²) in [5.74, 6) is 0.682. The van der Waals surface area contributed by atoms with Gasteiger partial charge in [0.2, 0.25) is 0 Å². The van der Waals surface area contributed by atoms with Crippen LogP contribution in [-0.2, 0) is 0 Å². The van der Waals surface area contributed by atoms with Gasteiger partial charge in [0.1, 0.15) is 11.3 Å². The van der Waals surface area contributed by atoms with E-state index >= 15 is 0 Å². The average molecular weight is 244 g/mol. The Kier molecular flexibility index (Phi) is 2.34. The Bertz CT molecular complexity index is 674. The van der Waals surface area contributed by atoms with E-state index in [0.29, 0.717) is 11.0 Å².